The van der Waals surface area contributed by atoms with E-state index in [1.54, 1.807) is 11.0 Å². The second-order valence-electron chi connectivity index (χ2n) is 5.05. The highest BCUT2D eigenvalue weighted by atomic mass is 79.9. The van der Waals surface area contributed by atoms with E-state index in [1.165, 1.54) is 0 Å². The molecule has 1 aromatic heterocycles. The van der Waals surface area contributed by atoms with E-state index in [4.69, 9.17) is 10.2 Å². The van der Waals surface area contributed by atoms with Gasteiger partial charge in [-0.15, -0.1) is 0 Å². The Bertz CT molecular complexity index is 512. The molecule has 0 bridgehead atoms. The summed E-state index contributed by atoms with van der Waals surface area (Å²) in [6.45, 7) is 4.16. The third kappa shape index (κ3) is 2.83. The zero-order chi connectivity index (χ0) is 14.2. The van der Waals surface area contributed by atoms with Crippen LogP contribution in [0.5, 0.6) is 0 Å². The first-order chi connectivity index (χ1) is 8.90. The van der Waals surface area contributed by atoms with E-state index in [-0.39, 0.29) is 23.8 Å². The lowest BCUT2D eigenvalue weighted by Crippen LogP contribution is -2.48. The number of halogens is 1. The number of amides is 2. The van der Waals surface area contributed by atoms with Crippen molar-refractivity contribution in [2.75, 3.05) is 6.54 Å². The fourth-order valence-electron chi connectivity index (χ4n) is 2.41. The van der Waals surface area contributed by atoms with Gasteiger partial charge in [0, 0.05) is 18.2 Å². The number of nitrogens with two attached hydrogens (primary N) is 1. The summed E-state index contributed by atoms with van der Waals surface area (Å²) in [5.74, 6) is -0.466. The SMILES string of the molecule is Cc1cc(Br)oc1C(=O)N1CC(C(N)=O)CCC1C. The molecule has 1 fully saturated rings. The molecule has 0 radical (unpaired) electrons. The molecule has 2 amide bonds. The molecule has 2 unspecified atom stereocenters. The van der Waals surface area contributed by atoms with Crippen molar-refractivity contribution in [3.63, 3.8) is 0 Å². The standard InChI is InChI=1S/C13H17BrN2O3/c1-7-5-10(14)19-11(7)13(18)16-6-9(12(15)17)4-3-8(16)2/h5,8-9H,3-4,6H2,1-2H3,(H2,15,17). The third-order valence-corrected chi connectivity index (χ3v) is 4.02. The van der Waals surface area contributed by atoms with Gasteiger partial charge in [-0.25, -0.2) is 0 Å². The van der Waals surface area contributed by atoms with Gasteiger partial charge in [-0.05, 0) is 48.7 Å². The molecular formula is C13H17BrN2O3. The summed E-state index contributed by atoms with van der Waals surface area (Å²) in [5, 5.41) is 0. The lowest BCUT2D eigenvalue weighted by atomic mass is 9.92. The first-order valence-electron chi connectivity index (χ1n) is 6.26. The summed E-state index contributed by atoms with van der Waals surface area (Å²) < 4.78 is 5.91. The van der Waals surface area contributed by atoms with Gasteiger partial charge in [0.15, 0.2) is 10.4 Å². The zero-order valence-electron chi connectivity index (χ0n) is 11.0. The normalized spacial score (nSPS) is 23.4. The van der Waals surface area contributed by atoms with Gasteiger partial charge in [0.25, 0.3) is 5.91 Å². The van der Waals surface area contributed by atoms with Crippen LogP contribution >= 0.6 is 15.9 Å². The Morgan fingerprint density at radius 1 is 1.47 bits per heavy atom. The van der Waals surface area contributed by atoms with Crippen LogP contribution in [0.15, 0.2) is 15.2 Å². The van der Waals surface area contributed by atoms with E-state index in [0.717, 1.165) is 18.4 Å². The Labute approximate surface area is 120 Å². The van der Waals surface area contributed by atoms with Gasteiger partial charge in [0.05, 0.1) is 5.92 Å². The molecule has 19 heavy (non-hydrogen) atoms. The number of carbonyl (C=O) groups is 2. The molecule has 6 heteroatoms. The molecule has 1 aromatic rings. The van der Waals surface area contributed by atoms with E-state index < -0.39 is 0 Å². The molecule has 2 heterocycles. The third-order valence-electron chi connectivity index (χ3n) is 3.63. The largest absolute Gasteiger partial charge is 0.444 e. The van der Waals surface area contributed by atoms with Crippen molar-refractivity contribution in [2.24, 2.45) is 11.7 Å². The summed E-state index contributed by atoms with van der Waals surface area (Å²) >= 11 is 3.21. The molecule has 5 nitrogen and oxygen atoms in total. The molecule has 0 spiro atoms. The predicted octanol–water partition coefficient (Wildman–Crippen LogP) is 2.08. The van der Waals surface area contributed by atoms with E-state index in [1.807, 2.05) is 13.8 Å². The van der Waals surface area contributed by atoms with Gasteiger partial charge in [0.1, 0.15) is 0 Å². The van der Waals surface area contributed by atoms with Crippen LogP contribution in [-0.4, -0.2) is 29.3 Å². The van der Waals surface area contributed by atoms with E-state index >= 15 is 0 Å². The van der Waals surface area contributed by atoms with Crippen LogP contribution in [0, 0.1) is 12.8 Å². The molecule has 0 aromatic carbocycles. The maximum absolute atomic E-state index is 12.5. The minimum absolute atomic E-state index is 0.0892. The van der Waals surface area contributed by atoms with Crippen LogP contribution in [0.3, 0.4) is 0 Å². The number of hydrogen-bond acceptors (Lipinski definition) is 3. The molecular weight excluding hydrogens is 312 g/mol. The fraction of sp³-hybridized carbons (Fsp3) is 0.538. The van der Waals surface area contributed by atoms with Crippen molar-refractivity contribution in [2.45, 2.75) is 32.7 Å². The second-order valence-corrected chi connectivity index (χ2v) is 5.83. The van der Waals surface area contributed by atoms with Gasteiger partial charge in [-0.3, -0.25) is 9.59 Å². The highest BCUT2D eigenvalue weighted by Gasteiger charge is 2.33. The predicted molar refractivity (Wildman–Crippen MR) is 73.6 cm³/mol. The Hall–Kier alpha value is -1.30. The molecule has 2 rings (SSSR count). The number of primary amides is 1. The molecule has 2 N–H and O–H groups in total. The van der Waals surface area contributed by atoms with Gasteiger partial charge in [-0.2, -0.15) is 0 Å². The maximum Gasteiger partial charge on any atom is 0.290 e. The number of rotatable bonds is 2. The van der Waals surface area contributed by atoms with Crippen LogP contribution < -0.4 is 5.73 Å². The summed E-state index contributed by atoms with van der Waals surface area (Å²) in [7, 11) is 0. The topological polar surface area (TPSA) is 76.5 Å². The number of hydrogen-bond donors (Lipinski definition) is 1. The molecule has 104 valence electrons. The van der Waals surface area contributed by atoms with Crippen LogP contribution in [0.4, 0.5) is 0 Å². The number of furan rings is 1. The summed E-state index contributed by atoms with van der Waals surface area (Å²) in [5.41, 5.74) is 6.12. The zero-order valence-corrected chi connectivity index (χ0v) is 12.6. The summed E-state index contributed by atoms with van der Waals surface area (Å²) in [6, 6.07) is 1.85. The molecule has 1 aliphatic rings. The van der Waals surface area contributed by atoms with Gasteiger partial charge < -0.3 is 15.1 Å². The number of aryl methyl sites for hydroxylation is 1. The Morgan fingerprint density at radius 2 is 2.16 bits per heavy atom. The average molecular weight is 329 g/mol. The average Bonchev–Trinajstić information content (AvgIpc) is 2.68. The molecule has 1 saturated heterocycles. The van der Waals surface area contributed by atoms with Crippen molar-refractivity contribution in [3.05, 3.63) is 22.1 Å². The smallest absolute Gasteiger partial charge is 0.290 e. The van der Waals surface area contributed by atoms with Crippen molar-refractivity contribution < 1.29 is 14.0 Å². The van der Waals surface area contributed by atoms with E-state index in [0.29, 0.717) is 17.0 Å². The summed E-state index contributed by atoms with van der Waals surface area (Å²) in [6.07, 6.45) is 1.52. The minimum Gasteiger partial charge on any atom is -0.444 e. The Kier molecular flexibility index (Phi) is 3.99. The molecule has 0 saturated carbocycles. The van der Waals surface area contributed by atoms with Crippen molar-refractivity contribution in [1.29, 1.82) is 0 Å². The lowest BCUT2D eigenvalue weighted by molar-refractivity contribution is -0.123. The Morgan fingerprint density at radius 3 is 2.68 bits per heavy atom. The molecule has 2 atom stereocenters. The highest BCUT2D eigenvalue weighted by molar-refractivity contribution is 9.10. The van der Waals surface area contributed by atoms with Crippen LogP contribution in [0.2, 0.25) is 0 Å². The monoisotopic (exact) mass is 328 g/mol. The maximum atomic E-state index is 12.5. The molecule has 0 aliphatic carbocycles. The number of carbonyl (C=O) groups excluding carboxylic acids is 2. The van der Waals surface area contributed by atoms with Crippen LogP contribution in [0.25, 0.3) is 0 Å². The Balaban J connectivity index is 2.21. The highest BCUT2D eigenvalue weighted by Crippen LogP contribution is 2.26. The number of likely N-dealkylation sites (tertiary alicyclic amines) is 1. The lowest BCUT2D eigenvalue weighted by Gasteiger charge is -2.36. The van der Waals surface area contributed by atoms with E-state index in [2.05, 4.69) is 15.9 Å². The first-order valence-corrected chi connectivity index (χ1v) is 7.05. The number of piperidine rings is 1. The van der Waals surface area contributed by atoms with Crippen molar-refractivity contribution in [1.82, 2.24) is 4.90 Å². The number of nitrogens with zero attached hydrogens (tertiary/aromatic N) is 1. The van der Waals surface area contributed by atoms with Crippen LogP contribution in [0.1, 0.15) is 35.9 Å². The van der Waals surface area contributed by atoms with Gasteiger partial charge in [0.2, 0.25) is 5.91 Å². The minimum atomic E-state index is -0.345. The molecule has 1 aliphatic heterocycles. The fourth-order valence-corrected chi connectivity index (χ4v) is 2.91. The van der Waals surface area contributed by atoms with E-state index in [9.17, 15) is 9.59 Å². The van der Waals surface area contributed by atoms with Gasteiger partial charge >= 0.3 is 0 Å². The van der Waals surface area contributed by atoms with Crippen molar-refractivity contribution >= 4 is 27.7 Å². The van der Waals surface area contributed by atoms with Gasteiger partial charge in [-0.1, -0.05) is 0 Å². The second kappa shape index (κ2) is 5.36. The quantitative estimate of drug-likeness (QED) is 0.902. The van der Waals surface area contributed by atoms with Crippen molar-refractivity contribution in [3.8, 4) is 0 Å². The summed E-state index contributed by atoms with van der Waals surface area (Å²) in [4.78, 5) is 25.4. The van der Waals surface area contributed by atoms with Crippen LogP contribution in [-0.2, 0) is 4.79 Å². The first kappa shape index (κ1) is 14.1.